The predicted octanol–water partition coefficient (Wildman–Crippen LogP) is 2.86. The molecule has 0 heterocycles. The van der Waals surface area contributed by atoms with Crippen LogP contribution in [-0.4, -0.2) is 27.2 Å². The molecule has 2 N–H and O–H groups in total. The Morgan fingerprint density at radius 1 is 1.21 bits per heavy atom. The number of nitrogens with one attached hydrogen (secondary N) is 1. The largest absolute Gasteiger partial charge is 0.461 e. The van der Waals surface area contributed by atoms with Crippen LogP contribution < -0.4 is 5.32 Å². The van der Waals surface area contributed by atoms with Crippen molar-refractivity contribution in [2.24, 2.45) is 0 Å². The topological polar surface area (TPSA) is 92.7 Å². The van der Waals surface area contributed by atoms with E-state index < -0.39 is 17.0 Å². The number of unbranched alkanes of at least 4 members (excludes halogenated alkanes) is 2. The summed E-state index contributed by atoms with van der Waals surface area (Å²) in [5, 5.41) is 3.51. The lowest BCUT2D eigenvalue weighted by Gasteiger charge is -2.06. The first-order chi connectivity index (χ1) is 11.5. The fourth-order valence-corrected chi connectivity index (χ4v) is 2.71. The summed E-state index contributed by atoms with van der Waals surface area (Å²) in [4.78, 5) is 23.1. The Morgan fingerprint density at radius 3 is 2.58 bits per heavy atom. The van der Waals surface area contributed by atoms with Crippen molar-refractivity contribution in [2.75, 3.05) is 6.54 Å². The van der Waals surface area contributed by atoms with Crippen molar-refractivity contribution in [3.8, 4) is 0 Å². The Kier molecular flexibility index (Phi) is 10.2. The van der Waals surface area contributed by atoms with Gasteiger partial charge in [0, 0.05) is 18.4 Å². The van der Waals surface area contributed by atoms with E-state index in [1.54, 1.807) is 0 Å². The van der Waals surface area contributed by atoms with Crippen molar-refractivity contribution in [1.82, 2.24) is 5.32 Å². The standard InChI is InChI=1S/C16H20BrNO5S/c17-14(12-24(21)22)16(20)18-10-6-2-5-9-15(19)23-11-13-7-3-1-4-8-13/h1,3-4,7-8,12H,2,5-6,9-11H2,(H,18,20)(H,21,22)/b14-12+. The van der Waals surface area contributed by atoms with Gasteiger partial charge >= 0.3 is 5.97 Å². The van der Waals surface area contributed by atoms with E-state index in [1.165, 1.54) is 0 Å². The van der Waals surface area contributed by atoms with Crippen LogP contribution in [0, 0.1) is 0 Å². The number of benzene rings is 1. The summed E-state index contributed by atoms with van der Waals surface area (Å²) in [6.07, 6.45) is 2.50. The Bertz CT molecular complexity index is 591. The maximum atomic E-state index is 11.6. The number of rotatable bonds is 10. The molecule has 1 aromatic rings. The van der Waals surface area contributed by atoms with E-state index in [9.17, 15) is 13.8 Å². The highest BCUT2D eigenvalue weighted by Crippen LogP contribution is 2.07. The third-order valence-electron chi connectivity index (χ3n) is 3.01. The summed E-state index contributed by atoms with van der Waals surface area (Å²) in [6.45, 7) is 0.710. The lowest BCUT2D eigenvalue weighted by atomic mass is 10.2. The Morgan fingerprint density at radius 2 is 1.92 bits per heavy atom. The molecule has 0 aliphatic heterocycles. The molecule has 0 aromatic heterocycles. The van der Waals surface area contributed by atoms with Gasteiger partial charge in [0.1, 0.15) is 6.61 Å². The van der Waals surface area contributed by atoms with Crippen LogP contribution in [-0.2, 0) is 32.0 Å². The van der Waals surface area contributed by atoms with Crippen LogP contribution in [0.15, 0.2) is 40.2 Å². The van der Waals surface area contributed by atoms with Gasteiger partial charge in [0.05, 0.1) is 4.48 Å². The Hall–Kier alpha value is -1.51. The molecule has 24 heavy (non-hydrogen) atoms. The van der Waals surface area contributed by atoms with Crippen LogP contribution in [0.2, 0.25) is 0 Å². The Labute approximate surface area is 152 Å². The van der Waals surface area contributed by atoms with E-state index in [1.807, 2.05) is 30.3 Å². The molecule has 0 bridgehead atoms. The van der Waals surface area contributed by atoms with E-state index in [-0.39, 0.29) is 17.1 Å². The number of halogens is 1. The van der Waals surface area contributed by atoms with Crippen LogP contribution in [0.4, 0.5) is 0 Å². The van der Waals surface area contributed by atoms with Crippen molar-refractivity contribution >= 4 is 38.9 Å². The van der Waals surface area contributed by atoms with Gasteiger partial charge in [-0.2, -0.15) is 0 Å². The minimum absolute atomic E-state index is 0.0211. The molecule has 0 spiro atoms. The van der Waals surface area contributed by atoms with Crippen molar-refractivity contribution < 1.29 is 23.1 Å². The second kappa shape index (κ2) is 11.9. The normalized spacial score (nSPS) is 12.5. The quantitative estimate of drug-likeness (QED) is 0.264. The molecule has 1 unspecified atom stereocenters. The molecule has 0 saturated carbocycles. The Balaban J connectivity index is 2.06. The molecule has 1 amide bonds. The molecule has 0 fully saturated rings. The summed E-state index contributed by atoms with van der Waals surface area (Å²) in [7, 11) is 0. The van der Waals surface area contributed by atoms with Crippen LogP contribution >= 0.6 is 15.9 Å². The van der Waals surface area contributed by atoms with Gasteiger partial charge in [-0.15, -0.1) is 0 Å². The molecule has 0 aliphatic carbocycles. The first-order valence-electron chi connectivity index (χ1n) is 7.43. The monoisotopic (exact) mass is 417 g/mol. The van der Waals surface area contributed by atoms with Gasteiger partial charge in [0.2, 0.25) is 0 Å². The summed E-state index contributed by atoms with van der Waals surface area (Å²) in [6, 6.07) is 9.48. The molecule has 1 atom stereocenters. The number of carbonyl (C=O) groups is 2. The number of ether oxygens (including phenoxy) is 1. The molecule has 6 nitrogen and oxygen atoms in total. The summed E-state index contributed by atoms with van der Waals surface area (Å²) in [5.41, 5.74) is 0.955. The molecule has 8 heteroatoms. The second-order valence-electron chi connectivity index (χ2n) is 4.95. The van der Waals surface area contributed by atoms with Gasteiger partial charge in [-0.25, -0.2) is 4.21 Å². The predicted molar refractivity (Wildman–Crippen MR) is 95.5 cm³/mol. The molecule has 1 aromatic carbocycles. The molecule has 132 valence electrons. The smallest absolute Gasteiger partial charge is 0.306 e. The van der Waals surface area contributed by atoms with E-state index in [0.717, 1.165) is 17.4 Å². The minimum atomic E-state index is -2.17. The number of amides is 1. The molecule has 0 radical (unpaired) electrons. The average Bonchev–Trinajstić information content (AvgIpc) is 2.56. The first-order valence-corrected chi connectivity index (χ1v) is 9.40. The van der Waals surface area contributed by atoms with Crippen molar-refractivity contribution in [3.05, 3.63) is 45.8 Å². The number of hydrogen-bond acceptors (Lipinski definition) is 4. The summed E-state index contributed by atoms with van der Waals surface area (Å²) in [5.74, 6) is -0.682. The SMILES string of the molecule is O=C(CCCCCNC(=O)/C(Br)=C\S(=O)O)OCc1ccccc1. The average molecular weight is 418 g/mol. The van der Waals surface area contributed by atoms with Crippen molar-refractivity contribution in [2.45, 2.75) is 32.3 Å². The minimum Gasteiger partial charge on any atom is -0.461 e. The highest BCUT2D eigenvalue weighted by molar-refractivity contribution is 9.12. The third-order valence-corrected chi connectivity index (χ3v) is 4.34. The van der Waals surface area contributed by atoms with E-state index >= 15 is 0 Å². The second-order valence-corrected chi connectivity index (χ2v) is 6.60. The fraction of sp³-hybridized carbons (Fsp3) is 0.375. The highest BCUT2D eigenvalue weighted by atomic mass is 79.9. The van der Waals surface area contributed by atoms with Gasteiger partial charge < -0.3 is 14.6 Å². The van der Waals surface area contributed by atoms with Crippen LogP contribution in [0.25, 0.3) is 0 Å². The summed E-state index contributed by atoms with van der Waals surface area (Å²) >= 11 is 0.748. The zero-order valence-electron chi connectivity index (χ0n) is 13.1. The first kappa shape index (κ1) is 20.5. The van der Waals surface area contributed by atoms with Gasteiger partial charge in [-0.05, 0) is 34.3 Å². The highest BCUT2D eigenvalue weighted by Gasteiger charge is 2.07. The number of carbonyl (C=O) groups excluding carboxylic acids is 2. The van der Waals surface area contributed by atoms with E-state index in [4.69, 9.17) is 9.29 Å². The van der Waals surface area contributed by atoms with Gasteiger partial charge in [0.15, 0.2) is 11.1 Å². The van der Waals surface area contributed by atoms with Crippen molar-refractivity contribution in [1.29, 1.82) is 0 Å². The zero-order valence-corrected chi connectivity index (χ0v) is 15.5. The van der Waals surface area contributed by atoms with Gasteiger partial charge in [-0.1, -0.05) is 36.8 Å². The maximum absolute atomic E-state index is 11.6. The number of hydrogen-bond donors (Lipinski definition) is 2. The lowest BCUT2D eigenvalue weighted by Crippen LogP contribution is -2.24. The fourth-order valence-electron chi connectivity index (χ4n) is 1.81. The van der Waals surface area contributed by atoms with E-state index in [2.05, 4.69) is 21.2 Å². The molecule has 0 aliphatic rings. The molecule has 1 rings (SSSR count). The van der Waals surface area contributed by atoms with Crippen LogP contribution in [0.5, 0.6) is 0 Å². The van der Waals surface area contributed by atoms with Crippen LogP contribution in [0.3, 0.4) is 0 Å². The lowest BCUT2D eigenvalue weighted by molar-refractivity contribution is -0.145. The van der Waals surface area contributed by atoms with Crippen LogP contribution in [0.1, 0.15) is 31.2 Å². The van der Waals surface area contributed by atoms with E-state index in [0.29, 0.717) is 25.8 Å². The van der Waals surface area contributed by atoms with Crippen molar-refractivity contribution in [3.63, 3.8) is 0 Å². The maximum Gasteiger partial charge on any atom is 0.306 e. The zero-order chi connectivity index (χ0) is 17.8. The molecule has 0 saturated heterocycles. The number of esters is 1. The van der Waals surface area contributed by atoms with Gasteiger partial charge in [-0.3, -0.25) is 9.59 Å². The summed E-state index contributed by atoms with van der Waals surface area (Å²) < 4.78 is 24.3. The van der Waals surface area contributed by atoms with Gasteiger partial charge in [0.25, 0.3) is 5.91 Å². The molecular weight excluding hydrogens is 398 g/mol. The third kappa shape index (κ3) is 9.59. The molecular formula is C16H20BrNO5S.